The van der Waals surface area contributed by atoms with Gasteiger partial charge >= 0.3 is 0 Å². The molecule has 3 rings (SSSR count). The van der Waals surface area contributed by atoms with Gasteiger partial charge in [0.05, 0.1) is 13.2 Å². The highest BCUT2D eigenvalue weighted by molar-refractivity contribution is 5.57. The average molecular weight is 221 g/mol. The van der Waals surface area contributed by atoms with Crippen LogP contribution in [0.5, 0.6) is 11.5 Å². The van der Waals surface area contributed by atoms with Gasteiger partial charge in [-0.15, -0.1) is 0 Å². The Morgan fingerprint density at radius 3 is 2.44 bits per heavy atom. The molecule has 0 atom stereocenters. The molecule has 2 aliphatic heterocycles. The van der Waals surface area contributed by atoms with E-state index >= 15 is 0 Å². The van der Waals surface area contributed by atoms with Crippen LogP contribution in [0.2, 0.25) is 0 Å². The third-order valence-corrected chi connectivity index (χ3v) is 2.90. The van der Waals surface area contributed by atoms with Crippen LogP contribution in [0.1, 0.15) is 0 Å². The second-order valence-corrected chi connectivity index (χ2v) is 3.93. The second kappa shape index (κ2) is 4.22. The van der Waals surface area contributed by atoms with Gasteiger partial charge in [-0.2, -0.15) is 0 Å². The largest absolute Gasteiger partial charge is 0.486 e. The first-order chi connectivity index (χ1) is 7.93. The summed E-state index contributed by atoms with van der Waals surface area (Å²) in [6.45, 7) is 4.77. The zero-order valence-electron chi connectivity index (χ0n) is 9.15. The van der Waals surface area contributed by atoms with E-state index in [1.54, 1.807) is 0 Å². The van der Waals surface area contributed by atoms with Crippen molar-refractivity contribution in [3.8, 4) is 11.5 Å². The Morgan fingerprint density at radius 1 is 0.875 bits per heavy atom. The van der Waals surface area contributed by atoms with Crippen molar-refractivity contribution < 1.29 is 14.2 Å². The van der Waals surface area contributed by atoms with Crippen molar-refractivity contribution in [1.82, 2.24) is 0 Å². The van der Waals surface area contributed by atoms with Crippen molar-refractivity contribution in [3.63, 3.8) is 0 Å². The van der Waals surface area contributed by atoms with E-state index in [-0.39, 0.29) is 0 Å². The number of nitrogens with zero attached hydrogens (tertiary/aromatic N) is 1. The van der Waals surface area contributed by atoms with Crippen molar-refractivity contribution in [2.24, 2.45) is 0 Å². The molecule has 0 aromatic heterocycles. The fourth-order valence-corrected chi connectivity index (χ4v) is 2.05. The molecule has 86 valence electrons. The van der Waals surface area contributed by atoms with Gasteiger partial charge in [0.2, 0.25) is 0 Å². The van der Waals surface area contributed by atoms with E-state index in [1.165, 1.54) is 5.69 Å². The molecule has 0 radical (unpaired) electrons. The molecular formula is C12H15NO3. The molecular weight excluding hydrogens is 206 g/mol. The molecule has 1 aromatic carbocycles. The maximum Gasteiger partial charge on any atom is 0.163 e. The first kappa shape index (κ1) is 9.78. The Bertz CT molecular complexity index is 375. The number of anilines is 1. The van der Waals surface area contributed by atoms with Crippen molar-refractivity contribution in [3.05, 3.63) is 18.2 Å². The molecule has 1 saturated heterocycles. The minimum absolute atomic E-state index is 0.638. The number of fused-ring (bicyclic) bond motifs is 1. The van der Waals surface area contributed by atoms with Gasteiger partial charge in [-0.25, -0.2) is 0 Å². The van der Waals surface area contributed by atoms with E-state index in [9.17, 15) is 0 Å². The Labute approximate surface area is 94.7 Å². The zero-order valence-corrected chi connectivity index (χ0v) is 9.15. The maximum atomic E-state index is 5.57. The topological polar surface area (TPSA) is 30.9 Å². The summed E-state index contributed by atoms with van der Waals surface area (Å²) in [6.07, 6.45) is 0. The number of benzene rings is 1. The number of hydrogen-bond donors (Lipinski definition) is 0. The fraction of sp³-hybridized carbons (Fsp3) is 0.500. The minimum atomic E-state index is 0.638. The summed E-state index contributed by atoms with van der Waals surface area (Å²) in [5.74, 6) is 1.71. The van der Waals surface area contributed by atoms with Crippen LogP contribution in [0.4, 0.5) is 5.69 Å². The predicted molar refractivity (Wildman–Crippen MR) is 60.5 cm³/mol. The number of ether oxygens (including phenoxy) is 3. The summed E-state index contributed by atoms with van der Waals surface area (Å²) < 4.78 is 16.4. The van der Waals surface area contributed by atoms with Gasteiger partial charge in [-0.3, -0.25) is 0 Å². The van der Waals surface area contributed by atoms with Crippen molar-refractivity contribution in [2.75, 3.05) is 44.4 Å². The molecule has 0 aliphatic carbocycles. The second-order valence-electron chi connectivity index (χ2n) is 3.93. The van der Waals surface area contributed by atoms with Crippen LogP contribution >= 0.6 is 0 Å². The van der Waals surface area contributed by atoms with E-state index in [2.05, 4.69) is 17.0 Å². The molecule has 4 heteroatoms. The van der Waals surface area contributed by atoms with Crippen LogP contribution in [0.15, 0.2) is 18.2 Å². The van der Waals surface area contributed by atoms with Crippen LogP contribution in [0.3, 0.4) is 0 Å². The molecule has 2 aliphatic rings. The van der Waals surface area contributed by atoms with E-state index in [1.807, 2.05) is 6.07 Å². The predicted octanol–water partition coefficient (Wildman–Crippen LogP) is 1.29. The summed E-state index contributed by atoms with van der Waals surface area (Å²) >= 11 is 0. The molecule has 1 aromatic rings. The SMILES string of the molecule is c1cc2c(cc1N1CCOCC1)OCCO2. The normalized spacial score (nSPS) is 19.6. The smallest absolute Gasteiger partial charge is 0.163 e. The molecule has 4 nitrogen and oxygen atoms in total. The van der Waals surface area contributed by atoms with E-state index in [0.29, 0.717) is 13.2 Å². The molecule has 2 heterocycles. The molecule has 0 N–H and O–H groups in total. The molecule has 0 unspecified atom stereocenters. The van der Waals surface area contributed by atoms with Gasteiger partial charge in [0, 0.05) is 24.8 Å². The van der Waals surface area contributed by atoms with Crippen molar-refractivity contribution in [2.45, 2.75) is 0 Å². The molecule has 1 fully saturated rings. The van der Waals surface area contributed by atoms with Crippen LogP contribution in [-0.2, 0) is 4.74 Å². The fourth-order valence-electron chi connectivity index (χ4n) is 2.05. The summed E-state index contributed by atoms with van der Waals surface area (Å²) in [6, 6.07) is 6.12. The Kier molecular flexibility index (Phi) is 2.58. The Balaban J connectivity index is 1.84. The lowest BCUT2D eigenvalue weighted by atomic mass is 10.2. The first-order valence-corrected chi connectivity index (χ1v) is 5.66. The Morgan fingerprint density at radius 2 is 1.62 bits per heavy atom. The van der Waals surface area contributed by atoms with Crippen molar-refractivity contribution in [1.29, 1.82) is 0 Å². The number of morpholine rings is 1. The summed E-state index contributed by atoms with van der Waals surface area (Å²) in [5.41, 5.74) is 1.19. The lowest BCUT2D eigenvalue weighted by molar-refractivity contribution is 0.122. The summed E-state index contributed by atoms with van der Waals surface area (Å²) in [7, 11) is 0. The molecule has 0 amide bonds. The lowest BCUT2D eigenvalue weighted by Crippen LogP contribution is -2.36. The third-order valence-electron chi connectivity index (χ3n) is 2.90. The lowest BCUT2D eigenvalue weighted by Gasteiger charge is -2.30. The van der Waals surface area contributed by atoms with Gasteiger partial charge in [0.25, 0.3) is 0 Å². The van der Waals surface area contributed by atoms with Gasteiger partial charge in [0.15, 0.2) is 11.5 Å². The van der Waals surface area contributed by atoms with Gasteiger partial charge in [-0.1, -0.05) is 0 Å². The van der Waals surface area contributed by atoms with Gasteiger partial charge < -0.3 is 19.1 Å². The zero-order chi connectivity index (χ0) is 10.8. The minimum Gasteiger partial charge on any atom is -0.486 e. The van der Waals surface area contributed by atoms with Crippen LogP contribution in [-0.4, -0.2) is 39.5 Å². The standard InChI is InChI=1S/C12H15NO3/c1-2-11-12(16-8-7-15-11)9-10(1)13-3-5-14-6-4-13/h1-2,9H,3-8H2. The van der Waals surface area contributed by atoms with Crippen molar-refractivity contribution >= 4 is 5.69 Å². The molecule has 0 spiro atoms. The maximum absolute atomic E-state index is 5.57. The van der Waals surface area contributed by atoms with Gasteiger partial charge in [-0.05, 0) is 12.1 Å². The molecule has 0 saturated carbocycles. The highest BCUT2D eigenvalue weighted by atomic mass is 16.6. The van der Waals surface area contributed by atoms with E-state index in [4.69, 9.17) is 14.2 Å². The van der Waals surface area contributed by atoms with E-state index in [0.717, 1.165) is 37.8 Å². The first-order valence-electron chi connectivity index (χ1n) is 5.66. The van der Waals surface area contributed by atoms with Crippen LogP contribution in [0.25, 0.3) is 0 Å². The Hall–Kier alpha value is -1.42. The summed E-state index contributed by atoms with van der Waals surface area (Å²) in [4.78, 5) is 2.31. The highest BCUT2D eigenvalue weighted by Crippen LogP contribution is 2.34. The monoisotopic (exact) mass is 221 g/mol. The van der Waals surface area contributed by atoms with Crippen LogP contribution in [0, 0.1) is 0 Å². The van der Waals surface area contributed by atoms with Crippen LogP contribution < -0.4 is 14.4 Å². The molecule has 16 heavy (non-hydrogen) atoms. The number of hydrogen-bond acceptors (Lipinski definition) is 4. The quantitative estimate of drug-likeness (QED) is 0.715. The average Bonchev–Trinajstić information content (AvgIpc) is 2.39. The molecule has 0 bridgehead atoms. The number of rotatable bonds is 1. The summed E-state index contributed by atoms with van der Waals surface area (Å²) in [5, 5.41) is 0. The third kappa shape index (κ3) is 1.80. The highest BCUT2D eigenvalue weighted by Gasteiger charge is 2.16. The van der Waals surface area contributed by atoms with E-state index < -0.39 is 0 Å². The van der Waals surface area contributed by atoms with Gasteiger partial charge in [0.1, 0.15) is 13.2 Å².